The van der Waals surface area contributed by atoms with Crippen molar-refractivity contribution in [1.82, 2.24) is 9.21 Å². The maximum atomic E-state index is 12.9. The number of hydrogen-bond donors (Lipinski definition) is 0. The second-order valence-corrected chi connectivity index (χ2v) is 10.8. The molecule has 0 radical (unpaired) electrons. The Morgan fingerprint density at radius 3 is 2.31 bits per heavy atom. The minimum absolute atomic E-state index is 0.0392. The number of ether oxygens (including phenoxy) is 1. The van der Waals surface area contributed by atoms with Gasteiger partial charge in [-0.2, -0.15) is 4.31 Å². The molecule has 0 saturated carbocycles. The van der Waals surface area contributed by atoms with Crippen molar-refractivity contribution in [3.63, 3.8) is 0 Å². The third kappa shape index (κ3) is 4.52. The van der Waals surface area contributed by atoms with E-state index in [-0.39, 0.29) is 36.1 Å². The number of piperazine rings is 1. The molecule has 2 aromatic carbocycles. The van der Waals surface area contributed by atoms with Crippen LogP contribution in [0.25, 0.3) is 10.1 Å². The van der Waals surface area contributed by atoms with E-state index >= 15 is 0 Å². The molecule has 32 heavy (non-hydrogen) atoms. The Morgan fingerprint density at radius 1 is 1.03 bits per heavy atom. The summed E-state index contributed by atoms with van der Waals surface area (Å²) in [5.74, 6) is -0.626. The first kappa shape index (κ1) is 22.7. The molecule has 1 saturated heterocycles. The monoisotopic (exact) mass is 492 g/mol. The highest BCUT2D eigenvalue weighted by molar-refractivity contribution is 7.89. The molecule has 0 spiro atoms. The van der Waals surface area contributed by atoms with Gasteiger partial charge in [0.05, 0.1) is 20.4 Å². The molecule has 0 atom stereocenters. The smallest absolute Gasteiger partial charge is 0.338 e. The summed E-state index contributed by atoms with van der Waals surface area (Å²) < 4.78 is 33.5. The van der Waals surface area contributed by atoms with Gasteiger partial charge in [0, 0.05) is 43.2 Å². The largest absolute Gasteiger partial charge is 0.456 e. The lowest BCUT2D eigenvalue weighted by atomic mass is 10.2. The van der Waals surface area contributed by atoms with Gasteiger partial charge in [0.25, 0.3) is 0 Å². The van der Waals surface area contributed by atoms with Crippen LogP contribution in [-0.2, 0) is 26.2 Å². The van der Waals surface area contributed by atoms with Gasteiger partial charge in [-0.25, -0.2) is 13.2 Å². The first-order valence-corrected chi connectivity index (χ1v) is 12.6. The lowest BCUT2D eigenvalue weighted by Crippen LogP contribution is -2.49. The molecule has 7 nitrogen and oxygen atoms in total. The lowest BCUT2D eigenvalue weighted by molar-refractivity contribution is -0.129. The third-order valence-electron chi connectivity index (χ3n) is 5.35. The molecule has 0 unspecified atom stereocenters. The fourth-order valence-electron chi connectivity index (χ4n) is 3.53. The van der Waals surface area contributed by atoms with Crippen LogP contribution in [-0.4, -0.2) is 55.7 Å². The van der Waals surface area contributed by atoms with Gasteiger partial charge >= 0.3 is 5.97 Å². The number of rotatable bonds is 5. The average molecular weight is 493 g/mol. The number of carbonyl (C=O) groups excluding carboxylic acids is 2. The van der Waals surface area contributed by atoms with Crippen LogP contribution in [0.1, 0.15) is 22.2 Å². The van der Waals surface area contributed by atoms with Crippen molar-refractivity contribution in [2.75, 3.05) is 26.2 Å². The lowest BCUT2D eigenvalue weighted by Gasteiger charge is -2.33. The summed E-state index contributed by atoms with van der Waals surface area (Å²) in [5.41, 5.74) is 0.252. The van der Waals surface area contributed by atoms with Gasteiger partial charge in [0.1, 0.15) is 6.61 Å². The minimum Gasteiger partial charge on any atom is -0.456 e. The van der Waals surface area contributed by atoms with Crippen molar-refractivity contribution in [1.29, 1.82) is 0 Å². The number of thiophene rings is 1. The molecule has 1 fully saturated rings. The summed E-state index contributed by atoms with van der Waals surface area (Å²) in [6.07, 6.45) is 0. The maximum Gasteiger partial charge on any atom is 0.338 e. The predicted octanol–water partition coefficient (Wildman–Crippen LogP) is 3.76. The Kier molecular flexibility index (Phi) is 6.52. The summed E-state index contributed by atoms with van der Waals surface area (Å²) in [6.45, 7) is 2.70. The van der Waals surface area contributed by atoms with Crippen molar-refractivity contribution >= 4 is 54.9 Å². The zero-order valence-electron chi connectivity index (χ0n) is 17.3. The number of halogens is 1. The zero-order chi connectivity index (χ0) is 22.9. The van der Waals surface area contributed by atoms with Crippen LogP contribution >= 0.6 is 22.9 Å². The second-order valence-electron chi connectivity index (χ2n) is 7.35. The fraction of sp³-hybridized carbons (Fsp3) is 0.273. The van der Waals surface area contributed by atoms with E-state index in [2.05, 4.69) is 0 Å². The molecule has 0 bridgehead atoms. The number of fused-ring (bicyclic) bond motifs is 1. The number of sulfonamides is 1. The van der Waals surface area contributed by atoms with E-state index in [1.165, 1.54) is 46.8 Å². The third-order valence-corrected chi connectivity index (χ3v) is 8.95. The average Bonchev–Trinajstić information content (AvgIpc) is 3.13. The van der Waals surface area contributed by atoms with Crippen LogP contribution in [0.4, 0.5) is 0 Å². The minimum atomic E-state index is -3.70. The van der Waals surface area contributed by atoms with Crippen LogP contribution < -0.4 is 0 Å². The molecular weight excluding hydrogens is 472 g/mol. The predicted molar refractivity (Wildman–Crippen MR) is 123 cm³/mol. The van der Waals surface area contributed by atoms with Crippen LogP contribution in [0.2, 0.25) is 5.02 Å². The van der Waals surface area contributed by atoms with Crippen molar-refractivity contribution < 1.29 is 22.7 Å². The number of nitrogens with zero attached hydrogens (tertiary/aromatic N) is 2. The van der Waals surface area contributed by atoms with E-state index < -0.39 is 16.0 Å². The normalized spacial score (nSPS) is 15.1. The van der Waals surface area contributed by atoms with Crippen molar-refractivity contribution in [3.05, 3.63) is 64.0 Å². The van der Waals surface area contributed by atoms with Crippen molar-refractivity contribution in [3.8, 4) is 0 Å². The molecule has 1 aromatic heterocycles. The molecule has 168 valence electrons. The Morgan fingerprint density at radius 2 is 1.69 bits per heavy atom. The number of esters is 1. The van der Waals surface area contributed by atoms with Crippen LogP contribution in [0.15, 0.2) is 53.4 Å². The highest BCUT2D eigenvalue weighted by atomic mass is 35.5. The van der Waals surface area contributed by atoms with Gasteiger partial charge in [0.15, 0.2) is 0 Å². The molecule has 1 aliphatic rings. The van der Waals surface area contributed by atoms with Gasteiger partial charge in [0.2, 0.25) is 15.9 Å². The number of benzene rings is 2. The first-order chi connectivity index (χ1) is 15.3. The summed E-state index contributed by atoms with van der Waals surface area (Å²) in [4.78, 5) is 26.4. The topological polar surface area (TPSA) is 84.0 Å². The molecular formula is C22H21ClN2O5S2. The van der Waals surface area contributed by atoms with E-state index in [1.54, 1.807) is 4.90 Å². The summed E-state index contributed by atoms with van der Waals surface area (Å²) in [5, 5.41) is 1.49. The van der Waals surface area contributed by atoms with Gasteiger partial charge < -0.3 is 9.64 Å². The highest BCUT2D eigenvalue weighted by Gasteiger charge is 2.29. The Bertz CT molecular complexity index is 1260. The SMILES string of the molecule is CC(=O)N1CCN(S(=O)(=O)c2ccc(C(=O)OCc3sc4ccccc4c3Cl)cc2)CC1. The van der Waals surface area contributed by atoms with Gasteiger partial charge in [-0.3, -0.25) is 4.79 Å². The first-order valence-electron chi connectivity index (χ1n) is 9.96. The van der Waals surface area contributed by atoms with Crippen LogP contribution in [0.3, 0.4) is 0 Å². The zero-order valence-corrected chi connectivity index (χ0v) is 19.7. The number of carbonyl (C=O) groups is 2. The fourth-order valence-corrected chi connectivity index (χ4v) is 6.35. The highest BCUT2D eigenvalue weighted by Crippen LogP contribution is 2.35. The van der Waals surface area contributed by atoms with E-state index in [4.69, 9.17) is 16.3 Å². The number of hydrogen-bond acceptors (Lipinski definition) is 6. The summed E-state index contributed by atoms with van der Waals surface area (Å²) in [6, 6.07) is 13.4. The summed E-state index contributed by atoms with van der Waals surface area (Å²) in [7, 11) is -3.70. The molecule has 10 heteroatoms. The molecule has 2 heterocycles. The second kappa shape index (κ2) is 9.19. The standard InChI is InChI=1S/C22H21ClN2O5S2/c1-15(26)24-10-12-25(13-11-24)32(28,29)17-8-6-16(7-9-17)22(27)30-14-20-21(23)18-4-2-3-5-19(18)31-20/h2-9H,10-14H2,1H3. The Labute approximate surface area is 195 Å². The van der Waals surface area contributed by atoms with Gasteiger partial charge in [-0.1, -0.05) is 29.8 Å². The molecule has 0 aliphatic carbocycles. The molecule has 1 amide bonds. The number of amides is 1. The molecule has 4 rings (SSSR count). The van der Waals surface area contributed by atoms with E-state index in [1.807, 2.05) is 24.3 Å². The van der Waals surface area contributed by atoms with Crippen molar-refractivity contribution in [2.45, 2.75) is 18.4 Å². The van der Waals surface area contributed by atoms with E-state index in [0.29, 0.717) is 18.1 Å². The van der Waals surface area contributed by atoms with E-state index in [9.17, 15) is 18.0 Å². The van der Waals surface area contributed by atoms with Crippen LogP contribution in [0.5, 0.6) is 0 Å². The van der Waals surface area contributed by atoms with Gasteiger partial charge in [-0.05, 0) is 30.3 Å². The molecule has 1 aliphatic heterocycles. The van der Waals surface area contributed by atoms with Crippen LogP contribution in [0, 0.1) is 0 Å². The molecule has 0 N–H and O–H groups in total. The molecule has 3 aromatic rings. The van der Waals surface area contributed by atoms with Gasteiger partial charge in [-0.15, -0.1) is 11.3 Å². The summed E-state index contributed by atoms with van der Waals surface area (Å²) >= 11 is 7.85. The quantitative estimate of drug-likeness (QED) is 0.506. The maximum absolute atomic E-state index is 12.9. The van der Waals surface area contributed by atoms with E-state index in [0.717, 1.165) is 15.0 Å². The Balaban J connectivity index is 1.41. The Hall–Kier alpha value is -2.46. The van der Waals surface area contributed by atoms with Crippen molar-refractivity contribution in [2.24, 2.45) is 0 Å².